The average Bonchev–Trinajstić information content (AvgIpc) is 2.67. The molecule has 0 bridgehead atoms. The van der Waals surface area contributed by atoms with Crippen molar-refractivity contribution < 1.29 is 14.3 Å². The Bertz CT molecular complexity index is 577. The van der Waals surface area contributed by atoms with Gasteiger partial charge in [0.15, 0.2) is 5.76 Å². The second-order valence-electron chi connectivity index (χ2n) is 4.03. The lowest BCUT2D eigenvalue weighted by Crippen LogP contribution is -2.25. The Labute approximate surface area is 113 Å². The van der Waals surface area contributed by atoms with Crippen LogP contribution < -0.4 is 5.32 Å². The number of fused-ring (bicyclic) bond motifs is 1. The fraction of sp³-hybridized carbons (Fsp3) is 0.308. The minimum atomic E-state index is -0.242. The molecule has 0 aliphatic rings. The van der Waals surface area contributed by atoms with Gasteiger partial charge in [-0.05, 0) is 31.5 Å². The van der Waals surface area contributed by atoms with E-state index in [1.165, 1.54) is 0 Å². The van der Waals surface area contributed by atoms with E-state index in [4.69, 9.17) is 9.52 Å². The summed E-state index contributed by atoms with van der Waals surface area (Å²) in [6, 6.07) is 5.63. The van der Waals surface area contributed by atoms with Crippen molar-refractivity contribution >= 4 is 32.8 Å². The van der Waals surface area contributed by atoms with Crippen LogP contribution in [-0.2, 0) is 0 Å². The van der Waals surface area contributed by atoms with Gasteiger partial charge in [0.05, 0.1) is 0 Å². The SMILES string of the molecule is Cc1c(C(=O)NCCCO)oc2ccc(Br)cc12. The molecular formula is C13H14BrNO3. The molecule has 18 heavy (non-hydrogen) atoms. The lowest BCUT2D eigenvalue weighted by molar-refractivity contribution is 0.0925. The third kappa shape index (κ3) is 2.57. The number of aliphatic hydroxyl groups excluding tert-OH is 1. The first kappa shape index (κ1) is 13.1. The zero-order valence-electron chi connectivity index (χ0n) is 10.00. The molecule has 1 heterocycles. The number of rotatable bonds is 4. The molecule has 0 saturated carbocycles. The lowest BCUT2D eigenvalue weighted by atomic mass is 10.1. The summed E-state index contributed by atoms with van der Waals surface area (Å²) >= 11 is 3.39. The molecule has 2 rings (SSSR count). The minimum Gasteiger partial charge on any atom is -0.451 e. The van der Waals surface area contributed by atoms with Gasteiger partial charge < -0.3 is 14.8 Å². The van der Waals surface area contributed by atoms with Crippen LogP contribution in [0.5, 0.6) is 0 Å². The number of hydrogen-bond donors (Lipinski definition) is 2. The molecule has 0 atom stereocenters. The van der Waals surface area contributed by atoms with Crippen LogP contribution in [0.2, 0.25) is 0 Å². The van der Waals surface area contributed by atoms with Gasteiger partial charge in [0.1, 0.15) is 5.58 Å². The van der Waals surface area contributed by atoms with E-state index in [1.54, 1.807) is 0 Å². The quantitative estimate of drug-likeness (QED) is 0.853. The molecule has 4 nitrogen and oxygen atoms in total. The highest BCUT2D eigenvalue weighted by Crippen LogP contribution is 2.27. The molecule has 0 aliphatic heterocycles. The van der Waals surface area contributed by atoms with Crippen molar-refractivity contribution in [1.29, 1.82) is 0 Å². The van der Waals surface area contributed by atoms with Gasteiger partial charge >= 0.3 is 0 Å². The van der Waals surface area contributed by atoms with Gasteiger partial charge in [0.25, 0.3) is 5.91 Å². The Morgan fingerprint density at radius 2 is 2.28 bits per heavy atom. The van der Waals surface area contributed by atoms with E-state index in [1.807, 2.05) is 25.1 Å². The summed E-state index contributed by atoms with van der Waals surface area (Å²) in [6.45, 7) is 2.36. The van der Waals surface area contributed by atoms with Crippen molar-refractivity contribution in [2.45, 2.75) is 13.3 Å². The summed E-state index contributed by atoms with van der Waals surface area (Å²) in [5, 5.41) is 12.3. The summed E-state index contributed by atoms with van der Waals surface area (Å²) in [4.78, 5) is 11.9. The first-order valence-electron chi connectivity index (χ1n) is 5.71. The third-order valence-electron chi connectivity index (χ3n) is 2.72. The van der Waals surface area contributed by atoms with Crippen LogP contribution in [0.3, 0.4) is 0 Å². The Balaban J connectivity index is 2.28. The van der Waals surface area contributed by atoms with Crippen molar-refractivity contribution in [1.82, 2.24) is 5.32 Å². The highest BCUT2D eigenvalue weighted by molar-refractivity contribution is 9.10. The molecule has 5 heteroatoms. The predicted octanol–water partition coefficient (Wildman–Crippen LogP) is 2.62. The molecule has 1 amide bonds. The molecule has 96 valence electrons. The van der Waals surface area contributed by atoms with Gasteiger partial charge in [0.2, 0.25) is 0 Å². The lowest BCUT2D eigenvalue weighted by Gasteiger charge is -2.01. The van der Waals surface area contributed by atoms with Crippen LogP contribution in [0, 0.1) is 6.92 Å². The Morgan fingerprint density at radius 3 is 3.00 bits per heavy atom. The molecule has 1 aromatic carbocycles. The van der Waals surface area contributed by atoms with Crippen LogP contribution in [0.1, 0.15) is 22.5 Å². The molecule has 0 spiro atoms. The highest BCUT2D eigenvalue weighted by Gasteiger charge is 2.17. The van der Waals surface area contributed by atoms with Gasteiger partial charge in [-0.2, -0.15) is 0 Å². The number of amides is 1. The Morgan fingerprint density at radius 1 is 1.50 bits per heavy atom. The zero-order chi connectivity index (χ0) is 13.1. The number of furan rings is 1. The second kappa shape index (κ2) is 5.54. The molecule has 0 unspecified atom stereocenters. The van der Waals surface area contributed by atoms with Crippen LogP contribution in [0.25, 0.3) is 11.0 Å². The zero-order valence-corrected chi connectivity index (χ0v) is 11.6. The summed E-state index contributed by atoms with van der Waals surface area (Å²) < 4.78 is 6.50. The topological polar surface area (TPSA) is 62.5 Å². The van der Waals surface area contributed by atoms with Crippen LogP contribution >= 0.6 is 15.9 Å². The maximum absolute atomic E-state index is 11.9. The van der Waals surface area contributed by atoms with E-state index in [2.05, 4.69) is 21.2 Å². The molecule has 0 saturated heterocycles. The van der Waals surface area contributed by atoms with Gasteiger partial charge in [-0.25, -0.2) is 0 Å². The Hall–Kier alpha value is -1.33. The van der Waals surface area contributed by atoms with E-state index in [9.17, 15) is 4.79 Å². The van der Waals surface area contributed by atoms with Gasteiger partial charge in [-0.15, -0.1) is 0 Å². The number of carbonyl (C=O) groups is 1. The number of benzene rings is 1. The fourth-order valence-corrected chi connectivity index (χ4v) is 2.13. The van der Waals surface area contributed by atoms with Crippen molar-refractivity contribution in [2.24, 2.45) is 0 Å². The first-order valence-corrected chi connectivity index (χ1v) is 6.50. The maximum atomic E-state index is 11.9. The van der Waals surface area contributed by atoms with Gasteiger partial charge in [0, 0.05) is 28.6 Å². The average molecular weight is 312 g/mol. The molecule has 0 radical (unpaired) electrons. The third-order valence-corrected chi connectivity index (χ3v) is 3.22. The second-order valence-corrected chi connectivity index (χ2v) is 4.95. The predicted molar refractivity (Wildman–Crippen MR) is 72.7 cm³/mol. The summed E-state index contributed by atoms with van der Waals surface area (Å²) in [7, 11) is 0. The van der Waals surface area contributed by atoms with Crippen LogP contribution in [0.15, 0.2) is 27.1 Å². The van der Waals surface area contributed by atoms with E-state index >= 15 is 0 Å². The minimum absolute atomic E-state index is 0.0618. The van der Waals surface area contributed by atoms with Crippen molar-refractivity contribution in [3.8, 4) is 0 Å². The summed E-state index contributed by atoms with van der Waals surface area (Å²) in [6.07, 6.45) is 0.538. The van der Waals surface area contributed by atoms with E-state index in [0.29, 0.717) is 24.3 Å². The van der Waals surface area contributed by atoms with Crippen molar-refractivity contribution in [3.63, 3.8) is 0 Å². The van der Waals surface area contributed by atoms with Crippen LogP contribution in [-0.4, -0.2) is 24.2 Å². The maximum Gasteiger partial charge on any atom is 0.287 e. The molecule has 0 aliphatic carbocycles. The highest BCUT2D eigenvalue weighted by atomic mass is 79.9. The summed E-state index contributed by atoms with van der Waals surface area (Å²) in [5.41, 5.74) is 1.52. The fourth-order valence-electron chi connectivity index (χ4n) is 1.77. The molecule has 1 aromatic heterocycles. The molecule has 2 N–H and O–H groups in total. The number of nitrogens with one attached hydrogen (secondary N) is 1. The van der Waals surface area contributed by atoms with Crippen LogP contribution in [0.4, 0.5) is 0 Å². The standard InChI is InChI=1S/C13H14BrNO3/c1-8-10-7-9(14)3-4-11(10)18-12(8)13(17)15-5-2-6-16/h3-4,7,16H,2,5-6H2,1H3,(H,15,17). The molecule has 2 aromatic rings. The van der Waals surface area contributed by atoms with Gasteiger partial charge in [-0.3, -0.25) is 4.79 Å². The molecular weight excluding hydrogens is 298 g/mol. The smallest absolute Gasteiger partial charge is 0.287 e. The van der Waals surface area contributed by atoms with Gasteiger partial charge in [-0.1, -0.05) is 15.9 Å². The number of aliphatic hydroxyl groups is 1. The number of aryl methyl sites for hydroxylation is 1. The molecule has 0 fully saturated rings. The monoisotopic (exact) mass is 311 g/mol. The number of halogens is 1. The van der Waals surface area contributed by atoms with Crippen molar-refractivity contribution in [2.75, 3.05) is 13.2 Å². The largest absolute Gasteiger partial charge is 0.451 e. The van der Waals surface area contributed by atoms with E-state index in [-0.39, 0.29) is 12.5 Å². The normalized spacial score (nSPS) is 10.8. The number of carbonyl (C=O) groups excluding carboxylic acids is 1. The van der Waals surface area contributed by atoms with Crippen molar-refractivity contribution in [3.05, 3.63) is 34.0 Å². The van der Waals surface area contributed by atoms with E-state index < -0.39 is 0 Å². The number of hydrogen-bond acceptors (Lipinski definition) is 3. The summed E-state index contributed by atoms with van der Waals surface area (Å²) in [5.74, 6) is 0.0920. The Kier molecular flexibility index (Phi) is 4.04. The van der Waals surface area contributed by atoms with E-state index in [0.717, 1.165) is 15.4 Å². The first-order chi connectivity index (χ1) is 8.63.